The van der Waals surface area contributed by atoms with Crippen molar-refractivity contribution in [2.24, 2.45) is 4.99 Å². The maximum atomic E-state index is 5.50. The summed E-state index contributed by atoms with van der Waals surface area (Å²) in [6.07, 6.45) is 8.45. The SMILES string of the molecule is CCOc1ccc(N=C2C=CC(=C(c3ccccc3)c3cccc(C)c3)C=C2)cc1. The molecule has 2 nitrogen and oxygen atoms in total. The molecule has 4 rings (SSSR count). The van der Waals surface area contributed by atoms with Crippen LogP contribution in [0.15, 0.2) is 114 Å². The van der Waals surface area contributed by atoms with E-state index in [-0.39, 0.29) is 0 Å². The van der Waals surface area contributed by atoms with Crippen LogP contribution in [0.4, 0.5) is 5.69 Å². The van der Waals surface area contributed by atoms with Gasteiger partial charge in [0.15, 0.2) is 0 Å². The number of rotatable bonds is 5. The predicted octanol–water partition coefficient (Wildman–Crippen LogP) is 7.09. The fraction of sp³-hybridized carbons (Fsp3) is 0.107. The molecule has 30 heavy (non-hydrogen) atoms. The number of ether oxygens (including phenoxy) is 1. The van der Waals surface area contributed by atoms with Crippen molar-refractivity contribution in [1.82, 2.24) is 0 Å². The first-order chi connectivity index (χ1) is 14.7. The molecule has 148 valence electrons. The van der Waals surface area contributed by atoms with Crippen LogP contribution in [0.2, 0.25) is 0 Å². The van der Waals surface area contributed by atoms with Gasteiger partial charge < -0.3 is 4.74 Å². The Labute approximate surface area is 178 Å². The van der Waals surface area contributed by atoms with Gasteiger partial charge in [0, 0.05) is 0 Å². The molecule has 2 heteroatoms. The van der Waals surface area contributed by atoms with Crippen LogP contribution in [-0.2, 0) is 0 Å². The molecule has 0 heterocycles. The van der Waals surface area contributed by atoms with Gasteiger partial charge in [0.2, 0.25) is 0 Å². The lowest BCUT2D eigenvalue weighted by Gasteiger charge is -2.14. The Morgan fingerprint density at radius 3 is 2.13 bits per heavy atom. The molecule has 1 aliphatic rings. The molecule has 0 aliphatic heterocycles. The van der Waals surface area contributed by atoms with Crippen LogP contribution < -0.4 is 4.74 Å². The molecule has 0 radical (unpaired) electrons. The monoisotopic (exact) mass is 391 g/mol. The van der Waals surface area contributed by atoms with E-state index in [2.05, 4.69) is 85.8 Å². The van der Waals surface area contributed by atoms with Gasteiger partial charge in [-0.25, -0.2) is 4.99 Å². The number of nitrogens with zero attached hydrogens (tertiary/aromatic N) is 1. The molecule has 3 aromatic rings. The lowest BCUT2D eigenvalue weighted by atomic mass is 9.90. The maximum Gasteiger partial charge on any atom is 0.119 e. The predicted molar refractivity (Wildman–Crippen MR) is 127 cm³/mol. The highest BCUT2D eigenvalue weighted by Gasteiger charge is 2.11. The minimum Gasteiger partial charge on any atom is -0.494 e. The molecular weight excluding hydrogens is 366 g/mol. The molecule has 0 amide bonds. The Bertz CT molecular complexity index is 1110. The molecule has 0 atom stereocenters. The van der Waals surface area contributed by atoms with Crippen molar-refractivity contribution >= 4 is 17.0 Å². The maximum absolute atomic E-state index is 5.50. The third-order valence-corrected chi connectivity index (χ3v) is 4.93. The summed E-state index contributed by atoms with van der Waals surface area (Å²) in [5.41, 5.74) is 7.93. The Balaban J connectivity index is 1.67. The van der Waals surface area contributed by atoms with Crippen molar-refractivity contribution < 1.29 is 4.74 Å². The molecule has 0 aromatic heterocycles. The van der Waals surface area contributed by atoms with Gasteiger partial charge in [-0.15, -0.1) is 0 Å². The molecule has 1 aliphatic carbocycles. The number of aryl methyl sites for hydroxylation is 1. The second kappa shape index (κ2) is 9.23. The van der Waals surface area contributed by atoms with E-state index in [0.717, 1.165) is 17.1 Å². The highest BCUT2D eigenvalue weighted by atomic mass is 16.5. The van der Waals surface area contributed by atoms with Crippen LogP contribution in [0.1, 0.15) is 23.6 Å². The summed E-state index contributed by atoms with van der Waals surface area (Å²) in [6, 6.07) is 27.1. The van der Waals surface area contributed by atoms with Gasteiger partial charge >= 0.3 is 0 Å². The fourth-order valence-corrected chi connectivity index (χ4v) is 3.54. The molecule has 0 unspecified atom stereocenters. The number of hydrogen-bond donors (Lipinski definition) is 0. The summed E-state index contributed by atoms with van der Waals surface area (Å²) in [5.74, 6) is 0.868. The van der Waals surface area contributed by atoms with Crippen molar-refractivity contribution in [3.8, 4) is 5.75 Å². The van der Waals surface area contributed by atoms with Crippen molar-refractivity contribution in [3.05, 3.63) is 125 Å². The first-order valence-electron chi connectivity index (χ1n) is 10.3. The van der Waals surface area contributed by atoms with Crippen LogP contribution in [0, 0.1) is 6.92 Å². The third-order valence-electron chi connectivity index (χ3n) is 4.93. The van der Waals surface area contributed by atoms with E-state index in [1.54, 1.807) is 0 Å². The summed E-state index contributed by atoms with van der Waals surface area (Å²) in [5, 5.41) is 0. The van der Waals surface area contributed by atoms with Gasteiger partial charge in [-0.1, -0.05) is 72.3 Å². The van der Waals surface area contributed by atoms with Crippen LogP contribution >= 0.6 is 0 Å². The second-order valence-electron chi connectivity index (χ2n) is 7.20. The average Bonchev–Trinajstić information content (AvgIpc) is 2.78. The van der Waals surface area contributed by atoms with Crippen molar-refractivity contribution in [1.29, 1.82) is 0 Å². The summed E-state index contributed by atoms with van der Waals surface area (Å²) in [4.78, 5) is 4.74. The van der Waals surface area contributed by atoms with E-state index in [9.17, 15) is 0 Å². The van der Waals surface area contributed by atoms with Gasteiger partial charge in [0.05, 0.1) is 18.0 Å². The quantitative estimate of drug-likeness (QED) is 0.455. The van der Waals surface area contributed by atoms with Gasteiger partial charge in [0.25, 0.3) is 0 Å². The number of benzene rings is 3. The zero-order valence-corrected chi connectivity index (χ0v) is 17.4. The summed E-state index contributed by atoms with van der Waals surface area (Å²) in [7, 11) is 0. The second-order valence-corrected chi connectivity index (χ2v) is 7.20. The molecule has 0 fully saturated rings. The van der Waals surface area contributed by atoms with E-state index in [4.69, 9.17) is 9.73 Å². The van der Waals surface area contributed by atoms with E-state index < -0.39 is 0 Å². The topological polar surface area (TPSA) is 21.6 Å². The highest BCUT2D eigenvalue weighted by molar-refractivity contribution is 6.08. The summed E-state index contributed by atoms with van der Waals surface area (Å²) < 4.78 is 5.50. The van der Waals surface area contributed by atoms with Crippen LogP contribution in [0.5, 0.6) is 5.75 Å². The van der Waals surface area contributed by atoms with Gasteiger partial charge in [-0.2, -0.15) is 0 Å². The molecule has 0 saturated carbocycles. The summed E-state index contributed by atoms with van der Waals surface area (Å²) >= 11 is 0. The zero-order valence-electron chi connectivity index (χ0n) is 17.4. The normalized spacial score (nSPS) is 12.7. The van der Waals surface area contributed by atoms with Gasteiger partial charge in [0.1, 0.15) is 5.75 Å². The van der Waals surface area contributed by atoms with E-state index >= 15 is 0 Å². The molecule has 0 bridgehead atoms. The van der Waals surface area contributed by atoms with Crippen LogP contribution in [0.25, 0.3) is 5.57 Å². The van der Waals surface area contributed by atoms with Crippen molar-refractivity contribution in [2.45, 2.75) is 13.8 Å². The fourth-order valence-electron chi connectivity index (χ4n) is 3.54. The smallest absolute Gasteiger partial charge is 0.119 e. The lowest BCUT2D eigenvalue weighted by Crippen LogP contribution is -1.98. The Hall–Kier alpha value is -3.65. The number of hydrogen-bond acceptors (Lipinski definition) is 2. The third kappa shape index (κ3) is 4.66. The molecule has 3 aromatic carbocycles. The summed E-state index contributed by atoms with van der Waals surface area (Å²) in [6.45, 7) is 4.78. The highest BCUT2D eigenvalue weighted by Crippen LogP contribution is 2.30. The van der Waals surface area contributed by atoms with Crippen LogP contribution in [-0.4, -0.2) is 12.3 Å². The van der Waals surface area contributed by atoms with Gasteiger partial charge in [-0.3, -0.25) is 0 Å². The van der Waals surface area contributed by atoms with E-state index in [1.807, 2.05) is 31.2 Å². The number of allylic oxidation sites excluding steroid dienone is 5. The average molecular weight is 392 g/mol. The first-order valence-corrected chi connectivity index (χ1v) is 10.3. The van der Waals surface area contributed by atoms with E-state index in [0.29, 0.717) is 6.61 Å². The lowest BCUT2D eigenvalue weighted by molar-refractivity contribution is 0.340. The van der Waals surface area contributed by atoms with Crippen molar-refractivity contribution in [2.75, 3.05) is 6.61 Å². The standard InChI is InChI=1S/C28H25NO/c1-3-30-27-18-16-26(17-19-27)29-25-14-12-23(13-15-25)28(22-9-5-4-6-10-22)24-11-7-8-21(2)20-24/h4-20H,3H2,1-2H3. The molecule has 0 spiro atoms. The molecule has 0 saturated heterocycles. The minimum absolute atomic E-state index is 0.666. The zero-order chi connectivity index (χ0) is 20.8. The Morgan fingerprint density at radius 2 is 1.47 bits per heavy atom. The largest absolute Gasteiger partial charge is 0.494 e. The van der Waals surface area contributed by atoms with Crippen LogP contribution in [0.3, 0.4) is 0 Å². The molecule has 0 N–H and O–H groups in total. The van der Waals surface area contributed by atoms with Crippen molar-refractivity contribution in [3.63, 3.8) is 0 Å². The Morgan fingerprint density at radius 1 is 0.767 bits per heavy atom. The van der Waals surface area contributed by atoms with Gasteiger partial charge in [-0.05, 0) is 72.5 Å². The minimum atomic E-state index is 0.666. The van der Waals surface area contributed by atoms with E-state index in [1.165, 1.54) is 27.8 Å². The Kier molecular flexibility index (Phi) is 6.05. The molecular formula is C28H25NO. The number of aliphatic imine (C=N–C) groups is 1. The first kappa shape index (κ1) is 19.7.